The summed E-state index contributed by atoms with van der Waals surface area (Å²) in [6, 6.07) is 10.4. The van der Waals surface area contributed by atoms with Crippen LogP contribution in [0.25, 0.3) is 0 Å². The predicted molar refractivity (Wildman–Crippen MR) is 127 cm³/mol. The molecule has 0 amide bonds. The molecule has 2 aromatic rings. The molecule has 4 N–H and O–H groups in total. The van der Waals surface area contributed by atoms with Crippen LogP contribution in [0.3, 0.4) is 0 Å². The Labute approximate surface area is 203 Å². The number of fused-ring (bicyclic) bond motifs is 1. The number of thiophene rings is 1. The molecule has 4 rings (SSSR count). The van der Waals surface area contributed by atoms with E-state index in [0.717, 1.165) is 56.3 Å². The minimum atomic E-state index is -1.74. The number of ether oxygens (including phenoxy) is 2. The second-order valence-corrected chi connectivity index (χ2v) is 10.0. The Morgan fingerprint density at radius 3 is 2.68 bits per heavy atom. The molecule has 1 aromatic carbocycles. The van der Waals surface area contributed by atoms with Crippen molar-refractivity contribution in [3.05, 3.63) is 51.7 Å². The van der Waals surface area contributed by atoms with E-state index >= 15 is 0 Å². The topological polar surface area (TPSA) is 120 Å². The molecule has 6 atom stereocenters. The molecule has 1 aromatic heterocycles. The molecular formula is C25H33NO7S. The molecule has 0 spiro atoms. The minimum Gasteiger partial charge on any atom is -0.479 e. The number of rotatable bonds is 9. The van der Waals surface area contributed by atoms with Gasteiger partial charge in [-0.15, -0.1) is 11.3 Å². The Hall–Kier alpha value is -2.01. The first kappa shape index (κ1) is 25.1. The lowest BCUT2D eigenvalue weighted by Crippen LogP contribution is -2.61. The van der Waals surface area contributed by atoms with Gasteiger partial charge in [-0.2, -0.15) is 0 Å². The van der Waals surface area contributed by atoms with Crippen LogP contribution in [0, 0.1) is 0 Å². The van der Waals surface area contributed by atoms with E-state index in [4.69, 9.17) is 9.47 Å². The fourth-order valence-electron chi connectivity index (χ4n) is 4.92. The Kier molecular flexibility index (Phi) is 8.23. The second-order valence-electron chi connectivity index (χ2n) is 9.01. The molecule has 0 saturated carbocycles. The van der Waals surface area contributed by atoms with Gasteiger partial charge in [0, 0.05) is 17.5 Å². The first-order chi connectivity index (χ1) is 16.4. The van der Waals surface area contributed by atoms with Gasteiger partial charge in [0.2, 0.25) is 6.29 Å². The number of hydrogen-bond donors (Lipinski definition) is 4. The highest BCUT2D eigenvalue weighted by molar-refractivity contribution is 7.09. The minimum absolute atomic E-state index is 0.424. The molecule has 0 bridgehead atoms. The Balaban J connectivity index is 1.46. The van der Waals surface area contributed by atoms with Crippen LogP contribution in [0.15, 0.2) is 35.7 Å². The fraction of sp³-hybridized carbons (Fsp3) is 0.560. The molecule has 0 radical (unpaired) electrons. The molecule has 8 nitrogen and oxygen atoms in total. The van der Waals surface area contributed by atoms with Crippen LogP contribution < -0.4 is 4.74 Å². The van der Waals surface area contributed by atoms with Crippen molar-refractivity contribution < 1.29 is 34.7 Å². The Morgan fingerprint density at radius 2 is 1.97 bits per heavy atom. The van der Waals surface area contributed by atoms with E-state index in [1.54, 1.807) is 17.4 Å². The van der Waals surface area contributed by atoms with Crippen LogP contribution >= 0.6 is 11.3 Å². The van der Waals surface area contributed by atoms with Gasteiger partial charge in [-0.1, -0.05) is 25.1 Å². The number of nitrogens with zero attached hydrogens (tertiary/aromatic N) is 1. The summed E-state index contributed by atoms with van der Waals surface area (Å²) in [6.07, 6.45) is -3.32. The van der Waals surface area contributed by atoms with Crippen molar-refractivity contribution in [1.29, 1.82) is 0 Å². The number of aliphatic hydroxyl groups is 3. The third-order valence-electron chi connectivity index (χ3n) is 6.72. The fourth-order valence-corrected chi connectivity index (χ4v) is 5.62. The molecule has 1 fully saturated rings. The van der Waals surface area contributed by atoms with E-state index < -0.39 is 36.7 Å². The van der Waals surface area contributed by atoms with Gasteiger partial charge in [-0.3, -0.25) is 4.90 Å². The number of carboxylic acids is 1. The molecule has 34 heavy (non-hydrogen) atoms. The lowest BCUT2D eigenvalue weighted by Gasteiger charge is -2.39. The molecule has 2 heterocycles. The molecule has 9 heteroatoms. The summed E-state index contributed by atoms with van der Waals surface area (Å²) < 4.78 is 11.2. The molecular weight excluding hydrogens is 458 g/mol. The SMILES string of the molecule is CCCN(CCc1cccs1)[C@H]1CCc2c(cccc2O[C@@H]2O[C@H](C(=O)O)[C@@H](O)[C@H](O)[C@H]2O)C1. The zero-order valence-electron chi connectivity index (χ0n) is 19.2. The van der Waals surface area contributed by atoms with Crippen molar-refractivity contribution in [3.8, 4) is 5.75 Å². The summed E-state index contributed by atoms with van der Waals surface area (Å²) in [5, 5.41) is 41.7. The third kappa shape index (κ3) is 5.45. The summed E-state index contributed by atoms with van der Waals surface area (Å²) in [5.74, 6) is -0.920. The number of carbonyl (C=O) groups is 1. The third-order valence-corrected chi connectivity index (χ3v) is 7.66. The summed E-state index contributed by atoms with van der Waals surface area (Å²) in [5.41, 5.74) is 2.17. The van der Waals surface area contributed by atoms with Gasteiger partial charge in [0.15, 0.2) is 6.10 Å². The van der Waals surface area contributed by atoms with Crippen LogP contribution in [-0.2, 0) is 28.8 Å². The van der Waals surface area contributed by atoms with Crippen molar-refractivity contribution in [2.45, 2.75) is 75.8 Å². The van der Waals surface area contributed by atoms with Crippen LogP contribution in [0.5, 0.6) is 5.75 Å². The van der Waals surface area contributed by atoms with Crippen molar-refractivity contribution >= 4 is 17.3 Å². The maximum atomic E-state index is 11.4. The highest BCUT2D eigenvalue weighted by Crippen LogP contribution is 2.34. The lowest BCUT2D eigenvalue weighted by molar-refractivity contribution is -0.271. The van der Waals surface area contributed by atoms with Crippen molar-refractivity contribution in [2.24, 2.45) is 0 Å². The lowest BCUT2D eigenvalue weighted by atomic mass is 9.86. The maximum Gasteiger partial charge on any atom is 0.335 e. The van der Waals surface area contributed by atoms with Crippen LogP contribution in [0.4, 0.5) is 0 Å². The Morgan fingerprint density at radius 1 is 1.15 bits per heavy atom. The predicted octanol–water partition coefficient (Wildman–Crippen LogP) is 1.83. The quantitative estimate of drug-likeness (QED) is 0.420. The van der Waals surface area contributed by atoms with Crippen molar-refractivity contribution in [2.75, 3.05) is 13.1 Å². The van der Waals surface area contributed by atoms with Gasteiger partial charge in [0.05, 0.1) is 0 Å². The van der Waals surface area contributed by atoms with Gasteiger partial charge in [-0.25, -0.2) is 4.79 Å². The van der Waals surface area contributed by atoms with Gasteiger partial charge < -0.3 is 29.9 Å². The molecule has 1 aliphatic heterocycles. The highest BCUT2D eigenvalue weighted by Gasteiger charge is 2.48. The Bertz CT molecular complexity index is 953. The zero-order chi connectivity index (χ0) is 24.2. The molecule has 2 aliphatic rings. The second kappa shape index (κ2) is 11.2. The molecule has 0 unspecified atom stereocenters. The van der Waals surface area contributed by atoms with E-state index in [0.29, 0.717) is 11.8 Å². The maximum absolute atomic E-state index is 11.4. The smallest absolute Gasteiger partial charge is 0.335 e. The number of carboxylic acid groups (broad SMARTS) is 1. The van der Waals surface area contributed by atoms with Gasteiger partial charge >= 0.3 is 5.97 Å². The number of aliphatic carboxylic acids is 1. The van der Waals surface area contributed by atoms with E-state index in [1.165, 1.54) is 4.88 Å². The summed E-state index contributed by atoms with van der Waals surface area (Å²) in [6.45, 7) is 4.26. The van der Waals surface area contributed by atoms with Crippen molar-refractivity contribution in [1.82, 2.24) is 4.90 Å². The van der Waals surface area contributed by atoms with Crippen LogP contribution in [-0.4, -0.2) is 81.1 Å². The largest absolute Gasteiger partial charge is 0.479 e. The average molecular weight is 492 g/mol. The first-order valence-corrected chi connectivity index (χ1v) is 12.7. The number of aliphatic hydroxyl groups excluding tert-OH is 3. The highest BCUT2D eigenvalue weighted by atomic mass is 32.1. The molecule has 186 valence electrons. The van der Waals surface area contributed by atoms with Crippen LogP contribution in [0.2, 0.25) is 0 Å². The van der Waals surface area contributed by atoms with Gasteiger partial charge in [0.25, 0.3) is 0 Å². The summed E-state index contributed by atoms with van der Waals surface area (Å²) in [4.78, 5) is 15.4. The average Bonchev–Trinajstić information content (AvgIpc) is 3.35. The monoisotopic (exact) mass is 491 g/mol. The van der Waals surface area contributed by atoms with Gasteiger partial charge in [-0.05, 0) is 67.3 Å². The van der Waals surface area contributed by atoms with E-state index in [-0.39, 0.29) is 0 Å². The molecule has 1 saturated heterocycles. The van der Waals surface area contributed by atoms with E-state index in [9.17, 15) is 25.2 Å². The van der Waals surface area contributed by atoms with Crippen LogP contribution in [0.1, 0.15) is 35.8 Å². The standard InChI is InChI=1S/C25H33NO7S/c1-2-11-26(12-10-17-6-4-13-34-17)16-8-9-18-15(14-16)5-3-7-19(18)32-25-22(29)20(27)21(28)23(33-25)24(30)31/h3-7,13,16,20-23,25,27-29H,2,8-12,14H2,1H3,(H,30,31)/t16-,20-,21-,22+,23-,25+/m0/s1. The van der Waals surface area contributed by atoms with E-state index in [1.807, 2.05) is 6.07 Å². The molecule has 1 aliphatic carbocycles. The van der Waals surface area contributed by atoms with Crippen molar-refractivity contribution in [3.63, 3.8) is 0 Å². The zero-order valence-corrected chi connectivity index (χ0v) is 20.1. The first-order valence-electron chi connectivity index (χ1n) is 11.8. The summed E-state index contributed by atoms with van der Waals surface area (Å²) in [7, 11) is 0. The number of benzene rings is 1. The summed E-state index contributed by atoms with van der Waals surface area (Å²) >= 11 is 1.79. The number of hydrogen-bond acceptors (Lipinski definition) is 8. The van der Waals surface area contributed by atoms with E-state index in [2.05, 4.69) is 35.4 Å². The normalized spacial score (nSPS) is 29.1. The van der Waals surface area contributed by atoms with Gasteiger partial charge in [0.1, 0.15) is 24.1 Å².